The van der Waals surface area contributed by atoms with E-state index < -0.39 is 0 Å². The zero-order valence-electron chi connectivity index (χ0n) is 14.3. The highest BCUT2D eigenvalue weighted by atomic mass is 16.5. The van der Waals surface area contributed by atoms with Crippen molar-refractivity contribution >= 4 is 5.91 Å². The van der Waals surface area contributed by atoms with E-state index in [1.807, 2.05) is 19.1 Å². The number of carbonyl (C=O) groups is 1. The predicted molar refractivity (Wildman–Crippen MR) is 91.0 cm³/mol. The minimum absolute atomic E-state index is 0.0631. The fourth-order valence-electron chi connectivity index (χ4n) is 2.39. The van der Waals surface area contributed by atoms with Crippen molar-refractivity contribution in [3.8, 4) is 17.4 Å². The smallest absolute Gasteiger partial charge is 0.274 e. The highest BCUT2D eigenvalue weighted by Gasteiger charge is 2.22. The number of rotatable bonds is 7. The van der Waals surface area contributed by atoms with Crippen molar-refractivity contribution in [3.05, 3.63) is 42.4 Å². The van der Waals surface area contributed by atoms with Gasteiger partial charge in [0, 0.05) is 26.3 Å². The maximum Gasteiger partial charge on any atom is 0.274 e. The van der Waals surface area contributed by atoms with Gasteiger partial charge < -0.3 is 19.1 Å². The molecule has 0 saturated carbocycles. The third-order valence-electron chi connectivity index (χ3n) is 3.76. The molecule has 7 heteroatoms. The van der Waals surface area contributed by atoms with Crippen molar-refractivity contribution in [3.63, 3.8) is 0 Å². The van der Waals surface area contributed by atoms with Crippen LogP contribution in [-0.4, -0.2) is 53.7 Å². The number of aromatic nitrogens is 2. The number of likely N-dealkylation sites (tertiary alicyclic amines) is 1. The first-order valence-electron chi connectivity index (χ1n) is 8.20. The molecular weight excluding hydrogens is 322 g/mol. The van der Waals surface area contributed by atoms with Crippen molar-refractivity contribution in [2.75, 3.05) is 26.8 Å². The van der Waals surface area contributed by atoms with E-state index in [9.17, 15) is 4.79 Å². The Balaban J connectivity index is 1.62. The summed E-state index contributed by atoms with van der Waals surface area (Å²) in [5.41, 5.74) is 0.331. The molecule has 0 radical (unpaired) electrons. The van der Waals surface area contributed by atoms with Crippen LogP contribution in [0.25, 0.3) is 0 Å². The van der Waals surface area contributed by atoms with Crippen LogP contribution in [0.1, 0.15) is 23.8 Å². The normalized spacial score (nSPS) is 14.6. The molecule has 1 fully saturated rings. The molecule has 1 amide bonds. The molecule has 1 saturated heterocycles. The first-order chi connectivity index (χ1) is 12.2. The first-order valence-corrected chi connectivity index (χ1v) is 8.20. The molecule has 1 atom stereocenters. The Kier molecular flexibility index (Phi) is 5.45. The lowest BCUT2D eigenvalue weighted by atomic mass is 10.2. The maximum absolute atomic E-state index is 12.1. The molecule has 3 rings (SSSR count). The van der Waals surface area contributed by atoms with Gasteiger partial charge in [-0.3, -0.25) is 4.79 Å². The summed E-state index contributed by atoms with van der Waals surface area (Å²) in [4.78, 5) is 22.1. The monoisotopic (exact) mass is 343 g/mol. The zero-order chi connectivity index (χ0) is 17.6. The zero-order valence-corrected chi connectivity index (χ0v) is 14.3. The topological polar surface area (TPSA) is 73.8 Å². The summed E-state index contributed by atoms with van der Waals surface area (Å²) in [5.74, 6) is 1.49. The SMILES string of the molecule is COC[C@H](C)Oc1cccc(Oc2cnc(C(=O)N3CCC3)cn2)c1. The van der Waals surface area contributed by atoms with Gasteiger partial charge in [0.2, 0.25) is 5.88 Å². The molecule has 1 aromatic carbocycles. The van der Waals surface area contributed by atoms with Crippen molar-refractivity contribution in [1.29, 1.82) is 0 Å². The standard InChI is InChI=1S/C18H21N3O4/c1-13(12-23-2)24-14-5-3-6-15(9-14)25-17-11-19-16(10-20-17)18(22)21-7-4-8-21/h3,5-6,9-11,13H,4,7-8,12H2,1-2H3/t13-/m0/s1. The maximum atomic E-state index is 12.1. The Morgan fingerprint density at radius 2 is 2.04 bits per heavy atom. The number of ether oxygens (including phenoxy) is 3. The Bertz CT molecular complexity index is 717. The molecule has 2 heterocycles. The van der Waals surface area contributed by atoms with Crippen LogP contribution >= 0.6 is 0 Å². The number of methoxy groups -OCH3 is 1. The van der Waals surface area contributed by atoms with Crippen LogP contribution in [0.4, 0.5) is 0 Å². The Morgan fingerprint density at radius 1 is 1.24 bits per heavy atom. The van der Waals surface area contributed by atoms with E-state index in [-0.39, 0.29) is 12.0 Å². The lowest BCUT2D eigenvalue weighted by molar-refractivity contribution is 0.0645. The fourth-order valence-corrected chi connectivity index (χ4v) is 2.39. The predicted octanol–water partition coefficient (Wildman–Crippen LogP) is 2.53. The Morgan fingerprint density at radius 3 is 2.68 bits per heavy atom. The van der Waals surface area contributed by atoms with Gasteiger partial charge in [0.25, 0.3) is 5.91 Å². The molecule has 0 spiro atoms. The molecule has 25 heavy (non-hydrogen) atoms. The summed E-state index contributed by atoms with van der Waals surface area (Å²) >= 11 is 0. The summed E-state index contributed by atoms with van der Waals surface area (Å²) in [6, 6.07) is 7.25. The molecule has 132 valence electrons. The van der Waals surface area contributed by atoms with Crippen LogP contribution in [0.3, 0.4) is 0 Å². The van der Waals surface area contributed by atoms with Gasteiger partial charge in [-0.2, -0.15) is 0 Å². The van der Waals surface area contributed by atoms with Gasteiger partial charge in [-0.05, 0) is 25.5 Å². The molecule has 0 aliphatic carbocycles. The van der Waals surface area contributed by atoms with Crippen molar-refractivity contribution < 1.29 is 19.0 Å². The third kappa shape index (κ3) is 4.45. The number of benzene rings is 1. The molecular formula is C18H21N3O4. The van der Waals surface area contributed by atoms with E-state index in [0.717, 1.165) is 19.5 Å². The molecule has 1 aromatic heterocycles. The van der Waals surface area contributed by atoms with E-state index in [2.05, 4.69) is 9.97 Å². The van der Waals surface area contributed by atoms with Crippen LogP contribution in [0.2, 0.25) is 0 Å². The number of carbonyl (C=O) groups excluding carboxylic acids is 1. The average molecular weight is 343 g/mol. The minimum atomic E-state index is -0.0900. The Hall–Kier alpha value is -2.67. The van der Waals surface area contributed by atoms with Gasteiger partial charge >= 0.3 is 0 Å². The molecule has 0 bridgehead atoms. The molecule has 1 aliphatic rings. The van der Waals surface area contributed by atoms with E-state index in [1.54, 1.807) is 24.1 Å². The van der Waals surface area contributed by atoms with Crippen LogP contribution in [0.5, 0.6) is 17.4 Å². The molecule has 7 nitrogen and oxygen atoms in total. The van der Waals surface area contributed by atoms with Gasteiger partial charge in [-0.25, -0.2) is 9.97 Å². The van der Waals surface area contributed by atoms with Crippen molar-refractivity contribution in [1.82, 2.24) is 14.9 Å². The highest BCUT2D eigenvalue weighted by Crippen LogP contribution is 2.24. The number of amides is 1. The van der Waals surface area contributed by atoms with Crippen LogP contribution in [-0.2, 0) is 4.74 Å². The molecule has 1 aliphatic heterocycles. The fraction of sp³-hybridized carbons (Fsp3) is 0.389. The number of nitrogens with zero attached hydrogens (tertiary/aromatic N) is 3. The Labute approximate surface area is 146 Å². The average Bonchev–Trinajstić information content (AvgIpc) is 2.54. The van der Waals surface area contributed by atoms with E-state index in [0.29, 0.717) is 29.7 Å². The van der Waals surface area contributed by atoms with E-state index in [1.165, 1.54) is 12.4 Å². The van der Waals surface area contributed by atoms with Gasteiger partial charge in [0.1, 0.15) is 23.3 Å². The van der Waals surface area contributed by atoms with Crippen molar-refractivity contribution in [2.24, 2.45) is 0 Å². The number of hydrogen-bond donors (Lipinski definition) is 0. The quantitative estimate of drug-likeness (QED) is 0.769. The summed E-state index contributed by atoms with van der Waals surface area (Å²) in [7, 11) is 1.63. The lowest BCUT2D eigenvalue weighted by Crippen LogP contribution is -2.42. The lowest BCUT2D eigenvalue weighted by Gasteiger charge is -2.30. The van der Waals surface area contributed by atoms with Crippen LogP contribution in [0, 0.1) is 0 Å². The molecule has 2 aromatic rings. The molecule has 0 unspecified atom stereocenters. The summed E-state index contributed by atoms with van der Waals surface area (Å²) < 4.78 is 16.5. The summed E-state index contributed by atoms with van der Waals surface area (Å²) in [5, 5.41) is 0. The summed E-state index contributed by atoms with van der Waals surface area (Å²) in [6.07, 6.45) is 3.87. The van der Waals surface area contributed by atoms with Crippen molar-refractivity contribution in [2.45, 2.75) is 19.4 Å². The second-order valence-corrected chi connectivity index (χ2v) is 5.85. The van der Waals surface area contributed by atoms with Crippen LogP contribution < -0.4 is 9.47 Å². The van der Waals surface area contributed by atoms with Crippen LogP contribution in [0.15, 0.2) is 36.7 Å². The van der Waals surface area contributed by atoms with Gasteiger partial charge in [0.05, 0.1) is 19.0 Å². The first kappa shape index (κ1) is 17.2. The highest BCUT2D eigenvalue weighted by molar-refractivity contribution is 5.92. The number of hydrogen-bond acceptors (Lipinski definition) is 6. The largest absolute Gasteiger partial charge is 0.488 e. The van der Waals surface area contributed by atoms with Gasteiger partial charge in [-0.1, -0.05) is 6.07 Å². The van der Waals surface area contributed by atoms with E-state index in [4.69, 9.17) is 14.2 Å². The second-order valence-electron chi connectivity index (χ2n) is 5.85. The second kappa shape index (κ2) is 7.94. The summed E-state index contributed by atoms with van der Waals surface area (Å²) in [6.45, 7) is 4.00. The minimum Gasteiger partial charge on any atom is -0.488 e. The van der Waals surface area contributed by atoms with Gasteiger partial charge in [-0.15, -0.1) is 0 Å². The molecule has 0 N–H and O–H groups in total. The van der Waals surface area contributed by atoms with Gasteiger partial charge in [0.15, 0.2) is 0 Å². The third-order valence-corrected chi connectivity index (χ3v) is 3.76. The van der Waals surface area contributed by atoms with E-state index >= 15 is 0 Å².